The van der Waals surface area contributed by atoms with Crippen molar-refractivity contribution < 1.29 is 4.79 Å². The summed E-state index contributed by atoms with van der Waals surface area (Å²) in [6.45, 7) is 6.08. The molecule has 0 aromatic heterocycles. The Kier molecular flexibility index (Phi) is 6.14. The van der Waals surface area contributed by atoms with Gasteiger partial charge in [0.15, 0.2) is 0 Å². The van der Waals surface area contributed by atoms with Gasteiger partial charge in [0.1, 0.15) is 0 Å². The molecule has 110 valence electrons. The predicted molar refractivity (Wildman–Crippen MR) is 88.8 cm³/mol. The lowest BCUT2D eigenvalue weighted by Gasteiger charge is -2.31. The molecule has 0 atom stereocenters. The second-order valence-corrected chi connectivity index (χ2v) is 5.71. The van der Waals surface area contributed by atoms with Crippen LogP contribution in [0.3, 0.4) is 0 Å². The fraction of sp³-hybridized carbons (Fsp3) is 0.500. The van der Waals surface area contributed by atoms with Crippen molar-refractivity contribution >= 4 is 28.8 Å². The highest BCUT2D eigenvalue weighted by molar-refractivity contribution is 7.80. The van der Waals surface area contributed by atoms with Crippen molar-refractivity contribution in [3.8, 4) is 0 Å². The lowest BCUT2D eigenvalue weighted by molar-refractivity contribution is -0.122. The summed E-state index contributed by atoms with van der Waals surface area (Å²) in [5.74, 6) is -0.0840. The maximum atomic E-state index is 12.7. The quantitative estimate of drug-likeness (QED) is 0.751. The highest BCUT2D eigenvalue weighted by Gasteiger charge is 2.39. The number of aryl methyl sites for hydroxylation is 1. The molecule has 20 heavy (non-hydrogen) atoms. The van der Waals surface area contributed by atoms with E-state index < -0.39 is 5.41 Å². The van der Waals surface area contributed by atoms with Crippen LogP contribution in [0.4, 0.5) is 5.69 Å². The molecule has 1 rings (SSSR count). The van der Waals surface area contributed by atoms with Crippen molar-refractivity contribution in [3.05, 3.63) is 29.8 Å². The summed E-state index contributed by atoms with van der Waals surface area (Å²) >= 11 is 5.20. The topological polar surface area (TPSA) is 55.1 Å². The molecule has 1 aromatic carbocycles. The van der Waals surface area contributed by atoms with Crippen LogP contribution in [0.5, 0.6) is 0 Å². The molecule has 0 aliphatic carbocycles. The minimum absolute atomic E-state index is 0.0840. The van der Waals surface area contributed by atoms with E-state index in [2.05, 4.69) is 5.32 Å². The maximum Gasteiger partial charge on any atom is 0.237 e. The second kappa shape index (κ2) is 7.39. The van der Waals surface area contributed by atoms with Gasteiger partial charge in [0.05, 0.1) is 10.4 Å². The molecule has 1 aromatic rings. The monoisotopic (exact) mass is 292 g/mol. The lowest BCUT2D eigenvalue weighted by atomic mass is 9.78. The largest absolute Gasteiger partial charge is 0.392 e. The van der Waals surface area contributed by atoms with Crippen molar-refractivity contribution in [2.75, 3.05) is 5.32 Å². The molecule has 4 heteroatoms. The highest BCUT2D eigenvalue weighted by Crippen LogP contribution is 2.32. The standard InChI is InChI=1S/C16H24N2OS/c1-4-9-16(10-5-2,14(17)20)15(19)18-13-8-6-7-12(3)11-13/h6-8,11H,4-5,9-10H2,1-3H3,(H2,17,20)(H,18,19). The summed E-state index contributed by atoms with van der Waals surface area (Å²) < 4.78 is 0. The first-order valence-corrected chi connectivity index (χ1v) is 7.55. The Balaban J connectivity index is 3.01. The number of benzene rings is 1. The number of hydrogen-bond acceptors (Lipinski definition) is 2. The van der Waals surface area contributed by atoms with Crippen molar-refractivity contribution in [2.24, 2.45) is 11.1 Å². The SMILES string of the molecule is CCCC(CCC)(C(=O)Nc1cccc(C)c1)C(N)=S. The Morgan fingerprint density at radius 2 is 1.90 bits per heavy atom. The van der Waals surface area contributed by atoms with Gasteiger partial charge in [-0.3, -0.25) is 4.79 Å². The molecule has 0 aliphatic heterocycles. The smallest absolute Gasteiger partial charge is 0.237 e. The van der Waals surface area contributed by atoms with Gasteiger partial charge in [0, 0.05) is 5.69 Å². The van der Waals surface area contributed by atoms with Gasteiger partial charge < -0.3 is 11.1 Å². The van der Waals surface area contributed by atoms with E-state index >= 15 is 0 Å². The summed E-state index contributed by atoms with van der Waals surface area (Å²) in [6, 6.07) is 7.74. The fourth-order valence-corrected chi connectivity index (χ4v) is 2.83. The van der Waals surface area contributed by atoms with Crippen LogP contribution in [-0.2, 0) is 4.79 Å². The third-order valence-corrected chi connectivity index (χ3v) is 3.93. The first-order chi connectivity index (χ1) is 9.46. The van der Waals surface area contributed by atoms with E-state index in [1.807, 2.05) is 45.0 Å². The Bertz CT molecular complexity index is 479. The van der Waals surface area contributed by atoms with Crippen molar-refractivity contribution in [3.63, 3.8) is 0 Å². The molecule has 0 bridgehead atoms. The molecular weight excluding hydrogens is 268 g/mol. The molecule has 0 heterocycles. The molecule has 0 saturated carbocycles. The zero-order valence-electron chi connectivity index (χ0n) is 12.5. The Hall–Kier alpha value is -1.42. The Morgan fingerprint density at radius 1 is 1.30 bits per heavy atom. The lowest BCUT2D eigenvalue weighted by Crippen LogP contribution is -2.46. The van der Waals surface area contributed by atoms with E-state index in [0.29, 0.717) is 17.8 Å². The Labute approximate surface area is 126 Å². The summed E-state index contributed by atoms with van der Waals surface area (Å²) in [5.41, 5.74) is 7.07. The molecule has 0 fully saturated rings. The molecule has 3 nitrogen and oxygen atoms in total. The number of amides is 1. The van der Waals surface area contributed by atoms with E-state index in [1.165, 1.54) is 0 Å². The van der Waals surface area contributed by atoms with Gasteiger partial charge in [-0.25, -0.2) is 0 Å². The number of rotatable bonds is 7. The zero-order chi connectivity index (χ0) is 15.2. The molecule has 0 spiro atoms. The first-order valence-electron chi connectivity index (χ1n) is 7.14. The van der Waals surface area contributed by atoms with Crippen LogP contribution >= 0.6 is 12.2 Å². The second-order valence-electron chi connectivity index (χ2n) is 5.27. The summed E-state index contributed by atoms with van der Waals surface area (Å²) in [6.07, 6.45) is 3.12. The number of carbonyl (C=O) groups excluding carboxylic acids is 1. The van der Waals surface area contributed by atoms with Gasteiger partial charge in [-0.1, -0.05) is 51.0 Å². The molecule has 3 N–H and O–H groups in total. The van der Waals surface area contributed by atoms with Crippen LogP contribution < -0.4 is 11.1 Å². The van der Waals surface area contributed by atoms with Crippen LogP contribution in [-0.4, -0.2) is 10.9 Å². The third-order valence-electron chi connectivity index (χ3n) is 3.54. The minimum atomic E-state index is -0.734. The van der Waals surface area contributed by atoms with Gasteiger partial charge in [-0.15, -0.1) is 0 Å². The van der Waals surface area contributed by atoms with E-state index in [9.17, 15) is 4.79 Å². The summed E-state index contributed by atoms with van der Waals surface area (Å²) in [4.78, 5) is 13.0. The molecule has 0 unspecified atom stereocenters. The van der Waals surface area contributed by atoms with E-state index in [4.69, 9.17) is 18.0 Å². The van der Waals surface area contributed by atoms with E-state index in [1.54, 1.807) is 0 Å². The number of nitrogens with one attached hydrogen (secondary N) is 1. The molecule has 0 radical (unpaired) electrons. The maximum absolute atomic E-state index is 12.7. The predicted octanol–water partition coefficient (Wildman–Crippen LogP) is 3.81. The molecular formula is C16H24N2OS. The van der Waals surface area contributed by atoms with Gasteiger partial charge in [0.2, 0.25) is 5.91 Å². The van der Waals surface area contributed by atoms with Crippen LogP contribution in [0.25, 0.3) is 0 Å². The molecule has 0 saturated heterocycles. The van der Waals surface area contributed by atoms with Crippen LogP contribution in [0.1, 0.15) is 45.1 Å². The van der Waals surface area contributed by atoms with Crippen LogP contribution in [0, 0.1) is 12.3 Å². The van der Waals surface area contributed by atoms with Gasteiger partial charge >= 0.3 is 0 Å². The number of nitrogens with two attached hydrogens (primary N) is 1. The van der Waals surface area contributed by atoms with Crippen molar-refractivity contribution in [2.45, 2.75) is 46.5 Å². The fourth-order valence-electron chi connectivity index (χ4n) is 2.54. The highest BCUT2D eigenvalue weighted by atomic mass is 32.1. The van der Waals surface area contributed by atoms with E-state index in [-0.39, 0.29) is 5.91 Å². The number of hydrogen-bond donors (Lipinski definition) is 2. The van der Waals surface area contributed by atoms with E-state index in [0.717, 1.165) is 24.1 Å². The number of anilines is 1. The Morgan fingerprint density at radius 3 is 2.35 bits per heavy atom. The van der Waals surface area contributed by atoms with Gasteiger partial charge in [0.25, 0.3) is 0 Å². The zero-order valence-corrected chi connectivity index (χ0v) is 13.3. The average molecular weight is 292 g/mol. The van der Waals surface area contributed by atoms with Crippen LogP contribution in [0.15, 0.2) is 24.3 Å². The van der Waals surface area contributed by atoms with Crippen molar-refractivity contribution in [1.29, 1.82) is 0 Å². The van der Waals surface area contributed by atoms with Gasteiger partial charge in [-0.05, 0) is 37.5 Å². The summed E-state index contributed by atoms with van der Waals surface area (Å²) in [5, 5.41) is 2.97. The van der Waals surface area contributed by atoms with Crippen molar-refractivity contribution in [1.82, 2.24) is 0 Å². The minimum Gasteiger partial charge on any atom is -0.392 e. The number of thiocarbonyl (C=S) groups is 1. The molecule has 1 amide bonds. The molecule has 0 aliphatic rings. The average Bonchev–Trinajstić information content (AvgIpc) is 2.37. The first kappa shape index (κ1) is 16.6. The number of carbonyl (C=O) groups is 1. The van der Waals surface area contributed by atoms with Crippen LogP contribution in [0.2, 0.25) is 0 Å². The normalized spacial score (nSPS) is 11.2. The summed E-state index contributed by atoms with van der Waals surface area (Å²) in [7, 11) is 0. The van der Waals surface area contributed by atoms with Gasteiger partial charge in [-0.2, -0.15) is 0 Å². The third kappa shape index (κ3) is 3.79.